The maximum Gasteiger partial charge on any atom is 0.292 e. The number of aryl methyl sites for hydroxylation is 1. The van der Waals surface area contributed by atoms with Crippen LogP contribution in [-0.4, -0.2) is 50.4 Å². The molecule has 0 saturated carbocycles. The zero-order chi connectivity index (χ0) is 21.0. The summed E-state index contributed by atoms with van der Waals surface area (Å²) in [5.41, 5.74) is 2.24. The van der Waals surface area contributed by atoms with E-state index in [1.54, 1.807) is 42.5 Å². The zero-order valence-corrected chi connectivity index (χ0v) is 17.1. The minimum absolute atomic E-state index is 0.00353. The smallest absolute Gasteiger partial charge is 0.292 e. The van der Waals surface area contributed by atoms with E-state index in [-0.39, 0.29) is 5.69 Å². The number of nitro groups is 1. The van der Waals surface area contributed by atoms with Crippen molar-refractivity contribution in [3.8, 4) is 0 Å². The van der Waals surface area contributed by atoms with E-state index in [1.807, 2.05) is 11.8 Å². The van der Waals surface area contributed by atoms with Gasteiger partial charge in [-0.1, -0.05) is 23.8 Å². The molecular formula is C20H24N4O4S. The molecule has 0 atom stereocenters. The average molecular weight is 417 g/mol. The number of nitro benzene ring substituents is 1. The maximum absolute atomic E-state index is 12.8. The Kier molecular flexibility index (Phi) is 6.19. The van der Waals surface area contributed by atoms with E-state index in [1.165, 1.54) is 10.4 Å². The van der Waals surface area contributed by atoms with Crippen LogP contribution in [0.3, 0.4) is 0 Å². The lowest BCUT2D eigenvalue weighted by molar-refractivity contribution is -0.383. The minimum Gasteiger partial charge on any atom is -0.376 e. The Bertz CT molecular complexity index is 998. The van der Waals surface area contributed by atoms with Crippen LogP contribution in [0.2, 0.25) is 0 Å². The Hall–Kier alpha value is -2.91. The molecule has 1 N–H and O–H groups in total. The normalized spacial score (nSPS) is 15.1. The van der Waals surface area contributed by atoms with Crippen LogP contribution in [0.25, 0.3) is 0 Å². The van der Waals surface area contributed by atoms with Crippen molar-refractivity contribution >= 4 is 27.1 Å². The average Bonchev–Trinajstić information content (AvgIpc) is 2.72. The molecule has 8 nitrogen and oxygen atoms in total. The third kappa shape index (κ3) is 4.57. The fourth-order valence-corrected chi connectivity index (χ4v) is 4.67. The lowest BCUT2D eigenvalue weighted by Gasteiger charge is -2.35. The largest absolute Gasteiger partial charge is 0.376 e. The van der Waals surface area contributed by atoms with E-state index in [0.29, 0.717) is 43.3 Å². The summed E-state index contributed by atoms with van der Waals surface area (Å²) in [5, 5.41) is 14.2. The van der Waals surface area contributed by atoms with Crippen LogP contribution in [0.4, 0.5) is 17.1 Å². The summed E-state index contributed by atoms with van der Waals surface area (Å²) in [6, 6.07) is 11.7. The first-order chi connectivity index (χ1) is 13.8. The van der Waals surface area contributed by atoms with Crippen LogP contribution < -0.4 is 10.2 Å². The van der Waals surface area contributed by atoms with Crippen LogP contribution >= 0.6 is 0 Å². The maximum atomic E-state index is 12.8. The second-order valence-electron chi connectivity index (χ2n) is 6.83. The molecule has 9 heteroatoms. The lowest BCUT2D eigenvalue weighted by atomic mass is 10.2. The van der Waals surface area contributed by atoms with Crippen LogP contribution in [0.5, 0.6) is 0 Å². The van der Waals surface area contributed by atoms with E-state index in [4.69, 9.17) is 0 Å². The van der Waals surface area contributed by atoms with Crippen molar-refractivity contribution in [1.82, 2.24) is 4.31 Å². The van der Waals surface area contributed by atoms with Crippen molar-refractivity contribution in [2.24, 2.45) is 0 Å². The summed E-state index contributed by atoms with van der Waals surface area (Å²) in [4.78, 5) is 13.1. The van der Waals surface area contributed by atoms with E-state index in [9.17, 15) is 18.5 Å². The van der Waals surface area contributed by atoms with Gasteiger partial charge in [0.2, 0.25) is 10.0 Å². The predicted octanol–water partition coefficient (Wildman–Crippen LogP) is 3.01. The van der Waals surface area contributed by atoms with Gasteiger partial charge in [-0.05, 0) is 31.2 Å². The second-order valence-corrected chi connectivity index (χ2v) is 8.77. The number of hydrogen-bond acceptors (Lipinski definition) is 6. The van der Waals surface area contributed by atoms with Gasteiger partial charge in [0, 0.05) is 44.5 Å². The summed E-state index contributed by atoms with van der Waals surface area (Å²) in [7, 11) is -3.53. The molecular weight excluding hydrogens is 392 g/mol. The van der Waals surface area contributed by atoms with Gasteiger partial charge in [-0.25, -0.2) is 8.42 Å². The van der Waals surface area contributed by atoms with Gasteiger partial charge in [0.15, 0.2) is 0 Å². The Morgan fingerprint density at radius 3 is 2.38 bits per heavy atom. The highest BCUT2D eigenvalue weighted by atomic mass is 32.2. The number of sulfonamides is 1. The van der Waals surface area contributed by atoms with E-state index >= 15 is 0 Å². The Morgan fingerprint density at radius 2 is 1.79 bits per heavy atom. The van der Waals surface area contributed by atoms with Crippen LogP contribution in [0, 0.1) is 17.0 Å². The van der Waals surface area contributed by atoms with E-state index < -0.39 is 14.9 Å². The van der Waals surface area contributed by atoms with Crippen molar-refractivity contribution in [3.05, 3.63) is 70.8 Å². The van der Waals surface area contributed by atoms with Gasteiger partial charge in [-0.2, -0.15) is 4.31 Å². The third-order valence-electron chi connectivity index (χ3n) is 4.88. The molecule has 0 unspecified atom stereocenters. The summed E-state index contributed by atoms with van der Waals surface area (Å²) in [6.45, 7) is 7.65. The fourth-order valence-electron chi connectivity index (χ4n) is 3.25. The molecule has 2 aromatic rings. The molecule has 1 heterocycles. The number of rotatable bonds is 7. The molecule has 0 aromatic heterocycles. The number of benzene rings is 2. The number of anilines is 2. The van der Waals surface area contributed by atoms with Crippen molar-refractivity contribution in [2.75, 3.05) is 42.9 Å². The first kappa shape index (κ1) is 20.8. The SMILES string of the molecule is C=CCNc1cc(N2CCN(S(=O)(=O)c3ccc(C)cc3)CC2)ccc1[N+](=O)[O-]. The van der Waals surface area contributed by atoms with E-state index in [0.717, 1.165) is 11.3 Å². The number of hydrogen-bond donors (Lipinski definition) is 1. The molecule has 154 valence electrons. The highest BCUT2D eigenvalue weighted by Crippen LogP contribution is 2.30. The molecule has 0 spiro atoms. The zero-order valence-electron chi connectivity index (χ0n) is 16.2. The number of nitrogens with one attached hydrogen (secondary N) is 1. The van der Waals surface area contributed by atoms with Gasteiger partial charge in [0.1, 0.15) is 5.69 Å². The predicted molar refractivity (Wildman–Crippen MR) is 114 cm³/mol. The highest BCUT2D eigenvalue weighted by molar-refractivity contribution is 7.89. The van der Waals surface area contributed by atoms with Crippen molar-refractivity contribution in [3.63, 3.8) is 0 Å². The molecule has 1 fully saturated rings. The van der Waals surface area contributed by atoms with Gasteiger partial charge in [0.25, 0.3) is 5.69 Å². The van der Waals surface area contributed by atoms with Crippen molar-refractivity contribution in [2.45, 2.75) is 11.8 Å². The van der Waals surface area contributed by atoms with Gasteiger partial charge in [-0.3, -0.25) is 10.1 Å². The second kappa shape index (κ2) is 8.62. The first-order valence-corrected chi connectivity index (χ1v) is 10.7. The Labute approximate surface area is 170 Å². The van der Waals surface area contributed by atoms with Gasteiger partial charge in [0.05, 0.1) is 9.82 Å². The standard InChI is InChI=1S/C20H24N4O4S/c1-3-10-21-19-15-17(6-9-20(19)24(25)26)22-11-13-23(14-12-22)29(27,28)18-7-4-16(2)5-8-18/h3-9,15,21H,1,10-14H2,2H3. The fraction of sp³-hybridized carbons (Fsp3) is 0.300. The molecule has 0 amide bonds. The summed E-state index contributed by atoms with van der Waals surface area (Å²) in [6.07, 6.45) is 1.63. The summed E-state index contributed by atoms with van der Waals surface area (Å²) in [5.74, 6) is 0. The molecule has 1 aliphatic heterocycles. The van der Waals surface area contributed by atoms with Crippen LogP contribution in [0.15, 0.2) is 60.0 Å². The topological polar surface area (TPSA) is 95.8 Å². The number of piperazine rings is 1. The Balaban J connectivity index is 1.74. The van der Waals surface area contributed by atoms with Gasteiger partial charge < -0.3 is 10.2 Å². The molecule has 0 bridgehead atoms. The van der Waals surface area contributed by atoms with Crippen molar-refractivity contribution in [1.29, 1.82) is 0 Å². The molecule has 3 rings (SSSR count). The van der Waals surface area contributed by atoms with Gasteiger partial charge in [-0.15, -0.1) is 6.58 Å². The molecule has 29 heavy (non-hydrogen) atoms. The summed E-state index contributed by atoms with van der Waals surface area (Å²) < 4.78 is 27.2. The molecule has 0 aliphatic carbocycles. The quantitative estimate of drug-likeness (QED) is 0.423. The van der Waals surface area contributed by atoms with E-state index in [2.05, 4.69) is 11.9 Å². The molecule has 0 radical (unpaired) electrons. The van der Waals surface area contributed by atoms with Gasteiger partial charge >= 0.3 is 0 Å². The molecule has 1 saturated heterocycles. The third-order valence-corrected chi connectivity index (χ3v) is 6.79. The van der Waals surface area contributed by atoms with Crippen LogP contribution in [0.1, 0.15) is 5.56 Å². The first-order valence-electron chi connectivity index (χ1n) is 9.28. The number of nitrogens with zero attached hydrogens (tertiary/aromatic N) is 3. The molecule has 1 aliphatic rings. The summed E-state index contributed by atoms with van der Waals surface area (Å²) >= 11 is 0. The monoisotopic (exact) mass is 416 g/mol. The van der Waals surface area contributed by atoms with Crippen LogP contribution in [-0.2, 0) is 10.0 Å². The Morgan fingerprint density at radius 1 is 1.14 bits per heavy atom. The van der Waals surface area contributed by atoms with Crippen molar-refractivity contribution < 1.29 is 13.3 Å². The minimum atomic E-state index is -3.53. The lowest BCUT2D eigenvalue weighted by Crippen LogP contribution is -2.48. The molecule has 2 aromatic carbocycles. The highest BCUT2D eigenvalue weighted by Gasteiger charge is 2.29.